The van der Waals surface area contributed by atoms with Crippen molar-refractivity contribution in [2.45, 2.75) is 6.61 Å². The highest BCUT2D eigenvalue weighted by Gasteiger charge is 2.12. The molecule has 1 N–H and O–H groups in total. The van der Waals surface area contributed by atoms with E-state index in [1.807, 2.05) is 37.4 Å². The second-order valence-electron chi connectivity index (χ2n) is 4.04. The number of benzene rings is 1. The summed E-state index contributed by atoms with van der Waals surface area (Å²) in [5.74, 6) is 2.66. The summed E-state index contributed by atoms with van der Waals surface area (Å²) in [6.07, 6.45) is 1.74. The molecule has 0 saturated carbocycles. The number of para-hydroxylation sites is 1. The Morgan fingerprint density at radius 1 is 1.05 bits per heavy atom. The topological polar surface area (TPSA) is 52.6 Å². The van der Waals surface area contributed by atoms with E-state index >= 15 is 0 Å². The van der Waals surface area contributed by atoms with Crippen LogP contribution in [0.4, 0.5) is 5.82 Å². The third kappa shape index (κ3) is 2.93. The maximum atomic E-state index is 5.85. The van der Waals surface area contributed by atoms with Crippen LogP contribution in [0.15, 0.2) is 36.5 Å². The molecule has 0 radical (unpaired) electrons. The summed E-state index contributed by atoms with van der Waals surface area (Å²) in [4.78, 5) is 4.24. The molecule has 0 atom stereocenters. The summed E-state index contributed by atoms with van der Waals surface area (Å²) < 4.78 is 16.4. The Morgan fingerprint density at radius 2 is 1.75 bits per heavy atom. The molecule has 1 aromatic heterocycles. The van der Waals surface area contributed by atoms with Gasteiger partial charge in [0.25, 0.3) is 0 Å². The molecule has 0 aliphatic heterocycles. The second-order valence-corrected chi connectivity index (χ2v) is 4.04. The van der Waals surface area contributed by atoms with Crippen LogP contribution in [0.3, 0.4) is 0 Å². The Labute approximate surface area is 118 Å². The van der Waals surface area contributed by atoms with Crippen LogP contribution in [0, 0.1) is 0 Å². The van der Waals surface area contributed by atoms with Crippen molar-refractivity contribution in [2.24, 2.45) is 0 Å². The van der Waals surface area contributed by atoms with Gasteiger partial charge in [-0.2, -0.15) is 0 Å². The third-order valence-electron chi connectivity index (χ3n) is 2.88. The summed E-state index contributed by atoms with van der Waals surface area (Å²) in [6.45, 7) is 0.376. The third-order valence-corrected chi connectivity index (χ3v) is 2.88. The van der Waals surface area contributed by atoms with Crippen LogP contribution >= 0.6 is 0 Å². The van der Waals surface area contributed by atoms with Gasteiger partial charge in [0, 0.05) is 18.8 Å². The SMILES string of the molecule is CNc1ncccc1COc1c(OC)cccc1OC. The average molecular weight is 274 g/mol. The van der Waals surface area contributed by atoms with Gasteiger partial charge in [-0.15, -0.1) is 0 Å². The number of anilines is 1. The maximum Gasteiger partial charge on any atom is 0.203 e. The number of methoxy groups -OCH3 is 2. The van der Waals surface area contributed by atoms with E-state index in [9.17, 15) is 0 Å². The monoisotopic (exact) mass is 274 g/mol. The number of hydrogen-bond acceptors (Lipinski definition) is 5. The number of nitrogens with one attached hydrogen (secondary N) is 1. The molecule has 0 unspecified atom stereocenters. The zero-order valence-corrected chi connectivity index (χ0v) is 11.8. The smallest absolute Gasteiger partial charge is 0.203 e. The summed E-state index contributed by atoms with van der Waals surface area (Å²) in [5, 5.41) is 3.04. The molecular formula is C15H18N2O3. The van der Waals surface area contributed by atoms with Crippen molar-refractivity contribution in [3.63, 3.8) is 0 Å². The Kier molecular flexibility index (Phi) is 4.65. The Balaban J connectivity index is 2.22. The van der Waals surface area contributed by atoms with Gasteiger partial charge in [0.15, 0.2) is 11.5 Å². The number of nitrogens with zero attached hydrogens (tertiary/aromatic N) is 1. The molecule has 106 valence electrons. The minimum Gasteiger partial charge on any atom is -0.493 e. The van der Waals surface area contributed by atoms with Crippen molar-refractivity contribution in [1.29, 1.82) is 0 Å². The zero-order valence-electron chi connectivity index (χ0n) is 11.8. The van der Waals surface area contributed by atoms with Crippen LogP contribution < -0.4 is 19.5 Å². The first-order valence-electron chi connectivity index (χ1n) is 6.25. The van der Waals surface area contributed by atoms with Gasteiger partial charge in [-0.1, -0.05) is 12.1 Å². The first kappa shape index (κ1) is 14.0. The van der Waals surface area contributed by atoms with E-state index in [1.165, 1.54) is 0 Å². The lowest BCUT2D eigenvalue weighted by molar-refractivity contribution is 0.266. The number of hydrogen-bond donors (Lipinski definition) is 1. The van der Waals surface area contributed by atoms with Crippen LogP contribution in [0.25, 0.3) is 0 Å². The molecule has 0 amide bonds. The van der Waals surface area contributed by atoms with Gasteiger partial charge in [-0.05, 0) is 18.2 Å². The van der Waals surface area contributed by atoms with Crippen molar-refractivity contribution >= 4 is 5.82 Å². The molecule has 0 saturated heterocycles. The molecule has 20 heavy (non-hydrogen) atoms. The second kappa shape index (κ2) is 6.65. The molecule has 1 heterocycles. The number of ether oxygens (including phenoxy) is 3. The lowest BCUT2D eigenvalue weighted by atomic mass is 10.2. The van der Waals surface area contributed by atoms with Crippen molar-refractivity contribution in [3.8, 4) is 17.2 Å². The maximum absolute atomic E-state index is 5.85. The van der Waals surface area contributed by atoms with Gasteiger partial charge in [0.2, 0.25) is 5.75 Å². The molecule has 0 aliphatic rings. The van der Waals surface area contributed by atoms with Crippen molar-refractivity contribution < 1.29 is 14.2 Å². The van der Waals surface area contributed by atoms with Gasteiger partial charge in [0.1, 0.15) is 12.4 Å². The average Bonchev–Trinajstić information content (AvgIpc) is 2.52. The summed E-state index contributed by atoms with van der Waals surface area (Å²) in [7, 11) is 5.03. The van der Waals surface area contributed by atoms with Crippen LogP contribution in [0.5, 0.6) is 17.2 Å². The van der Waals surface area contributed by atoms with E-state index in [-0.39, 0.29) is 0 Å². The van der Waals surface area contributed by atoms with Gasteiger partial charge in [-0.3, -0.25) is 0 Å². The zero-order chi connectivity index (χ0) is 14.4. The number of aromatic nitrogens is 1. The quantitative estimate of drug-likeness (QED) is 0.877. The molecule has 0 spiro atoms. The molecule has 5 nitrogen and oxygen atoms in total. The predicted molar refractivity (Wildman–Crippen MR) is 77.7 cm³/mol. The van der Waals surface area contributed by atoms with Gasteiger partial charge < -0.3 is 19.5 Å². The lowest BCUT2D eigenvalue weighted by Gasteiger charge is -2.15. The highest BCUT2D eigenvalue weighted by Crippen LogP contribution is 2.37. The molecular weight excluding hydrogens is 256 g/mol. The fraction of sp³-hybridized carbons (Fsp3) is 0.267. The van der Waals surface area contributed by atoms with Gasteiger partial charge in [-0.25, -0.2) is 4.98 Å². The van der Waals surface area contributed by atoms with E-state index in [0.29, 0.717) is 23.9 Å². The van der Waals surface area contributed by atoms with E-state index in [1.54, 1.807) is 20.4 Å². The van der Waals surface area contributed by atoms with E-state index in [0.717, 1.165) is 11.4 Å². The summed E-state index contributed by atoms with van der Waals surface area (Å²) in [5.41, 5.74) is 0.961. The van der Waals surface area contributed by atoms with E-state index in [4.69, 9.17) is 14.2 Å². The minimum absolute atomic E-state index is 0.376. The molecule has 1 aromatic carbocycles. The fourth-order valence-electron chi connectivity index (χ4n) is 1.89. The highest BCUT2D eigenvalue weighted by molar-refractivity contribution is 5.51. The molecule has 5 heteroatoms. The van der Waals surface area contributed by atoms with E-state index in [2.05, 4.69) is 10.3 Å². The molecule has 2 rings (SSSR count). The molecule has 2 aromatic rings. The molecule has 0 fully saturated rings. The van der Waals surface area contributed by atoms with Crippen LogP contribution in [0.1, 0.15) is 5.56 Å². The standard InChI is InChI=1S/C15H18N2O3/c1-16-15-11(6-5-9-17-15)10-20-14-12(18-2)7-4-8-13(14)19-3/h4-9H,10H2,1-3H3,(H,16,17). The highest BCUT2D eigenvalue weighted by atomic mass is 16.5. The van der Waals surface area contributed by atoms with Gasteiger partial charge >= 0.3 is 0 Å². The fourth-order valence-corrected chi connectivity index (χ4v) is 1.89. The minimum atomic E-state index is 0.376. The summed E-state index contributed by atoms with van der Waals surface area (Å²) >= 11 is 0. The number of rotatable bonds is 6. The first-order chi connectivity index (χ1) is 9.80. The van der Waals surface area contributed by atoms with Crippen molar-refractivity contribution in [1.82, 2.24) is 4.98 Å². The van der Waals surface area contributed by atoms with Crippen LogP contribution in [-0.4, -0.2) is 26.3 Å². The largest absolute Gasteiger partial charge is 0.493 e. The lowest BCUT2D eigenvalue weighted by Crippen LogP contribution is -2.04. The van der Waals surface area contributed by atoms with Crippen molar-refractivity contribution in [2.75, 3.05) is 26.6 Å². The Morgan fingerprint density at radius 3 is 2.35 bits per heavy atom. The van der Waals surface area contributed by atoms with Crippen molar-refractivity contribution in [3.05, 3.63) is 42.1 Å². The normalized spacial score (nSPS) is 9.95. The number of pyridine rings is 1. The Hall–Kier alpha value is -2.43. The first-order valence-corrected chi connectivity index (χ1v) is 6.25. The van der Waals surface area contributed by atoms with Gasteiger partial charge in [0.05, 0.1) is 14.2 Å². The van der Waals surface area contributed by atoms with E-state index < -0.39 is 0 Å². The summed E-state index contributed by atoms with van der Waals surface area (Å²) in [6, 6.07) is 9.35. The van der Waals surface area contributed by atoms with Crippen LogP contribution in [-0.2, 0) is 6.61 Å². The Bertz CT molecular complexity index is 551. The predicted octanol–water partition coefficient (Wildman–Crippen LogP) is 2.72. The molecule has 0 bridgehead atoms. The van der Waals surface area contributed by atoms with Crippen LogP contribution in [0.2, 0.25) is 0 Å². The molecule has 0 aliphatic carbocycles.